The van der Waals surface area contributed by atoms with Gasteiger partial charge in [0.2, 0.25) is 0 Å². The molecule has 1 unspecified atom stereocenters. The van der Waals surface area contributed by atoms with Crippen LogP contribution in [0.15, 0.2) is 18.2 Å². The van der Waals surface area contributed by atoms with Gasteiger partial charge in [-0.2, -0.15) is 0 Å². The Bertz CT molecular complexity index is 469. The normalized spacial score (nSPS) is 11.9. The lowest BCUT2D eigenvalue weighted by molar-refractivity contribution is -0.141. The van der Waals surface area contributed by atoms with Crippen molar-refractivity contribution >= 4 is 11.9 Å². The summed E-state index contributed by atoms with van der Waals surface area (Å²) >= 11 is 0. The summed E-state index contributed by atoms with van der Waals surface area (Å²) in [5, 5.41) is 18.4. The van der Waals surface area contributed by atoms with Crippen molar-refractivity contribution in [1.82, 2.24) is 4.90 Å². The highest BCUT2D eigenvalue weighted by Crippen LogP contribution is 2.22. The summed E-state index contributed by atoms with van der Waals surface area (Å²) < 4.78 is 13.6. The first-order valence-electron chi connectivity index (χ1n) is 5.88. The number of halogens is 1. The molecule has 0 aliphatic heterocycles. The molecular formula is C13H16FNO4. The molecule has 0 saturated carbocycles. The molecule has 6 heteroatoms. The van der Waals surface area contributed by atoms with Crippen molar-refractivity contribution < 1.29 is 24.2 Å². The van der Waals surface area contributed by atoms with E-state index in [0.29, 0.717) is 0 Å². The predicted molar refractivity (Wildman–Crippen MR) is 66.4 cm³/mol. The van der Waals surface area contributed by atoms with Crippen LogP contribution in [0, 0.1) is 11.7 Å². The highest BCUT2D eigenvalue weighted by molar-refractivity contribution is 5.97. The zero-order valence-electron chi connectivity index (χ0n) is 10.8. The number of carbonyl (C=O) groups excluding carboxylic acids is 1. The molecule has 1 atom stereocenters. The smallest absolute Gasteiger partial charge is 0.308 e. The number of amides is 1. The molecule has 0 heterocycles. The maximum atomic E-state index is 13.6. The lowest BCUT2D eigenvalue weighted by Gasteiger charge is -2.23. The molecule has 1 aromatic rings. The number of hydrogen-bond acceptors (Lipinski definition) is 3. The largest absolute Gasteiger partial charge is 0.507 e. The first-order valence-corrected chi connectivity index (χ1v) is 5.88. The average Bonchev–Trinajstić information content (AvgIpc) is 2.34. The molecule has 0 saturated heterocycles. The van der Waals surface area contributed by atoms with Crippen molar-refractivity contribution in [3.8, 4) is 5.75 Å². The molecule has 104 valence electrons. The number of hydrogen-bond donors (Lipinski definition) is 2. The summed E-state index contributed by atoms with van der Waals surface area (Å²) in [4.78, 5) is 24.1. The Balaban J connectivity index is 2.99. The van der Waals surface area contributed by atoms with Crippen LogP contribution in [0.3, 0.4) is 0 Å². The van der Waals surface area contributed by atoms with Gasteiger partial charge in [-0.1, -0.05) is 13.0 Å². The van der Waals surface area contributed by atoms with Gasteiger partial charge in [-0.15, -0.1) is 0 Å². The van der Waals surface area contributed by atoms with Crippen LogP contribution in [0.5, 0.6) is 5.75 Å². The monoisotopic (exact) mass is 269 g/mol. The molecular weight excluding hydrogens is 253 g/mol. The fourth-order valence-electron chi connectivity index (χ4n) is 1.65. The van der Waals surface area contributed by atoms with Gasteiger partial charge in [0, 0.05) is 13.1 Å². The number of aliphatic carboxylic acids is 1. The van der Waals surface area contributed by atoms with Gasteiger partial charge in [0.25, 0.3) is 5.91 Å². The van der Waals surface area contributed by atoms with E-state index in [2.05, 4.69) is 0 Å². The predicted octanol–water partition coefficient (Wildman–Crippen LogP) is 1.71. The average molecular weight is 269 g/mol. The highest BCUT2D eigenvalue weighted by atomic mass is 19.1. The SMILES string of the molecule is CCN(CC(C)C(=O)O)C(=O)c1c(O)cccc1F. The van der Waals surface area contributed by atoms with Gasteiger partial charge in [0.1, 0.15) is 17.1 Å². The third-order valence-electron chi connectivity index (χ3n) is 2.79. The summed E-state index contributed by atoms with van der Waals surface area (Å²) in [6, 6.07) is 3.57. The molecule has 0 aliphatic rings. The summed E-state index contributed by atoms with van der Waals surface area (Å²) in [5.41, 5.74) is -0.429. The Labute approximate surface area is 110 Å². The van der Waals surface area contributed by atoms with E-state index in [4.69, 9.17) is 5.11 Å². The molecule has 0 fully saturated rings. The van der Waals surface area contributed by atoms with E-state index < -0.39 is 34.9 Å². The van der Waals surface area contributed by atoms with Gasteiger partial charge >= 0.3 is 5.97 Å². The Morgan fingerprint density at radius 2 is 2.05 bits per heavy atom. The fraction of sp³-hybridized carbons (Fsp3) is 0.385. The van der Waals surface area contributed by atoms with Crippen LogP contribution < -0.4 is 0 Å². The summed E-state index contributed by atoms with van der Waals surface area (Å²) in [7, 11) is 0. The molecule has 2 N–H and O–H groups in total. The van der Waals surface area contributed by atoms with Gasteiger partial charge in [-0.25, -0.2) is 4.39 Å². The van der Waals surface area contributed by atoms with Crippen LogP contribution in [-0.2, 0) is 4.79 Å². The molecule has 5 nitrogen and oxygen atoms in total. The van der Waals surface area contributed by atoms with Gasteiger partial charge in [-0.3, -0.25) is 9.59 Å². The van der Waals surface area contributed by atoms with Crippen molar-refractivity contribution in [3.05, 3.63) is 29.6 Å². The van der Waals surface area contributed by atoms with E-state index in [1.807, 2.05) is 0 Å². The summed E-state index contributed by atoms with van der Waals surface area (Å²) in [6.07, 6.45) is 0. The van der Waals surface area contributed by atoms with Crippen molar-refractivity contribution in [3.63, 3.8) is 0 Å². The molecule has 0 aliphatic carbocycles. The van der Waals surface area contributed by atoms with Crippen LogP contribution in [0.2, 0.25) is 0 Å². The lowest BCUT2D eigenvalue weighted by Crippen LogP contribution is -2.37. The molecule has 0 aromatic heterocycles. The minimum Gasteiger partial charge on any atom is -0.507 e. The number of phenols is 1. The Kier molecular flexibility index (Phi) is 4.86. The van der Waals surface area contributed by atoms with Crippen molar-refractivity contribution in [2.24, 2.45) is 5.92 Å². The van der Waals surface area contributed by atoms with Crippen LogP contribution >= 0.6 is 0 Å². The third-order valence-corrected chi connectivity index (χ3v) is 2.79. The quantitative estimate of drug-likeness (QED) is 0.853. The van der Waals surface area contributed by atoms with Crippen LogP contribution in [-0.4, -0.2) is 40.1 Å². The van der Waals surface area contributed by atoms with E-state index in [0.717, 1.165) is 6.07 Å². The number of nitrogens with zero attached hydrogens (tertiary/aromatic N) is 1. The van der Waals surface area contributed by atoms with Crippen molar-refractivity contribution in [2.75, 3.05) is 13.1 Å². The van der Waals surface area contributed by atoms with Gasteiger partial charge in [-0.05, 0) is 19.1 Å². The Morgan fingerprint density at radius 3 is 2.53 bits per heavy atom. The molecule has 0 spiro atoms. The lowest BCUT2D eigenvalue weighted by atomic mass is 10.1. The maximum absolute atomic E-state index is 13.6. The zero-order valence-corrected chi connectivity index (χ0v) is 10.8. The number of rotatable bonds is 5. The van der Waals surface area contributed by atoms with Crippen molar-refractivity contribution in [2.45, 2.75) is 13.8 Å². The summed E-state index contributed by atoms with van der Waals surface area (Å²) in [6.45, 7) is 3.30. The second-order valence-electron chi connectivity index (χ2n) is 4.22. The molecule has 1 aromatic carbocycles. The number of benzene rings is 1. The van der Waals surface area contributed by atoms with Gasteiger partial charge in [0.05, 0.1) is 5.92 Å². The van der Waals surface area contributed by atoms with Crippen LogP contribution in [0.25, 0.3) is 0 Å². The highest BCUT2D eigenvalue weighted by Gasteiger charge is 2.24. The number of carbonyl (C=O) groups is 2. The van der Waals surface area contributed by atoms with E-state index in [9.17, 15) is 19.1 Å². The number of carboxylic acid groups (broad SMARTS) is 1. The molecule has 1 rings (SSSR count). The first-order chi connectivity index (χ1) is 8.88. The van der Waals surface area contributed by atoms with Crippen LogP contribution in [0.1, 0.15) is 24.2 Å². The minimum atomic E-state index is -1.04. The maximum Gasteiger partial charge on any atom is 0.308 e. The van der Waals surface area contributed by atoms with E-state index in [1.165, 1.54) is 24.0 Å². The second kappa shape index (κ2) is 6.17. The van der Waals surface area contributed by atoms with E-state index in [1.54, 1.807) is 6.92 Å². The number of phenolic OH excluding ortho intramolecular Hbond substituents is 1. The fourth-order valence-corrected chi connectivity index (χ4v) is 1.65. The zero-order chi connectivity index (χ0) is 14.6. The van der Waals surface area contributed by atoms with Gasteiger partial charge < -0.3 is 15.1 Å². The second-order valence-corrected chi connectivity index (χ2v) is 4.22. The third kappa shape index (κ3) is 3.43. The molecule has 19 heavy (non-hydrogen) atoms. The van der Waals surface area contributed by atoms with E-state index in [-0.39, 0.29) is 13.1 Å². The molecule has 1 amide bonds. The number of carboxylic acids is 1. The number of aromatic hydroxyl groups is 1. The molecule has 0 radical (unpaired) electrons. The van der Waals surface area contributed by atoms with Crippen LogP contribution in [0.4, 0.5) is 4.39 Å². The van der Waals surface area contributed by atoms with E-state index >= 15 is 0 Å². The summed E-state index contributed by atoms with van der Waals surface area (Å²) in [5.74, 6) is -3.80. The topological polar surface area (TPSA) is 77.8 Å². The Morgan fingerprint density at radius 1 is 1.42 bits per heavy atom. The van der Waals surface area contributed by atoms with Gasteiger partial charge in [0.15, 0.2) is 0 Å². The molecule has 0 bridgehead atoms. The Hall–Kier alpha value is -2.11. The standard InChI is InChI=1S/C13H16FNO4/c1-3-15(7-8(2)13(18)19)12(17)11-9(14)5-4-6-10(11)16/h4-6,8,16H,3,7H2,1-2H3,(H,18,19). The van der Waals surface area contributed by atoms with Crippen molar-refractivity contribution in [1.29, 1.82) is 0 Å². The minimum absolute atomic E-state index is 0.0432. The first kappa shape index (κ1) is 14.9.